The maximum absolute atomic E-state index is 14.1. The molecule has 2 aromatic carbocycles. The summed E-state index contributed by atoms with van der Waals surface area (Å²) in [6.45, 7) is 2.97. The van der Waals surface area contributed by atoms with Crippen LogP contribution in [0.3, 0.4) is 0 Å². The Morgan fingerprint density at radius 1 is 0.903 bits per heavy atom. The number of furan rings is 1. The third kappa shape index (κ3) is 6.28. The molecule has 3 rings (SSSR count). The second-order valence-electron chi connectivity index (χ2n) is 7.34. The van der Waals surface area contributed by atoms with Gasteiger partial charge in [-0.25, -0.2) is 4.39 Å². The topological polar surface area (TPSA) is 53.8 Å². The van der Waals surface area contributed by atoms with Gasteiger partial charge in [0.1, 0.15) is 18.1 Å². The monoisotopic (exact) mass is 422 g/mol. The Balaban J connectivity index is 1.74. The van der Waals surface area contributed by atoms with Crippen LogP contribution in [0.1, 0.15) is 35.0 Å². The fourth-order valence-corrected chi connectivity index (χ4v) is 3.38. The zero-order valence-corrected chi connectivity index (χ0v) is 17.7. The average Bonchev–Trinajstić information content (AvgIpc) is 3.30. The van der Waals surface area contributed by atoms with Crippen molar-refractivity contribution in [1.82, 2.24) is 9.80 Å². The highest BCUT2D eigenvalue weighted by molar-refractivity contribution is 5.96. The molecule has 1 heterocycles. The number of hydrogen-bond donors (Lipinski definition) is 0. The van der Waals surface area contributed by atoms with Crippen molar-refractivity contribution in [1.29, 1.82) is 0 Å². The van der Waals surface area contributed by atoms with Crippen LogP contribution in [-0.2, 0) is 17.8 Å². The van der Waals surface area contributed by atoms with E-state index in [0.717, 1.165) is 5.56 Å². The number of benzene rings is 2. The molecule has 5 nitrogen and oxygen atoms in total. The summed E-state index contributed by atoms with van der Waals surface area (Å²) in [7, 11) is 0. The van der Waals surface area contributed by atoms with Gasteiger partial charge >= 0.3 is 0 Å². The summed E-state index contributed by atoms with van der Waals surface area (Å²) in [5.74, 6) is -0.596. The minimum atomic E-state index is -0.586. The van der Waals surface area contributed by atoms with Crippen LogP contribution < -0.4 is 0 Å². The van der Waals surface area contributed by atoms with E-state index in [4.69, 9.17) is 4.42 Å². The van der Waals surface area contributed by atoms with Gasteiger partial charge in [-0.3, -0.25) is 9.59 Å². The summed E-state index contributed by atoms with van der Waals surface area (Å²) in [4.78, 5) is 29.2. The highest BCUT2D eigenvalue weighted by Crippen LogP contribution is 2.13. The van der Waals surface area contributed by atoms with Gasteiger partial charge in [0, 0.05) is 13.1 Å². The molecule has 0 aliphatic carbocycles. The van der Waals surface area contributed by atoms with Crippen molar-refractivity contribution in [3.05, 3.63) is 95.7 Å². The Bertz CT molecular complexity index is 973. The van der Waals surface area contributed by atoms with Crippen LogP contribution in [0.4, 0.5) is 4.39 Å². The highest BCUT2D eigenvalue weighted by Gasteiger charge is 2.24. The van der Waals surface area contributed by atoms with Crippen molar-refractivity contribution in [3.63, 3.8) is 0 Å². The molecule has 0 radical (unpaired) electrons. The minimum absolute atomic E-state index is 0.0226. The molecule has 0 atom stereocenters. The molecule has 0 unspecified atom stereocenters. The van der Waals surface area contributed by atoms with Crippen LogP contribution in [0.15, 0.2) is 77.4 Å². The zero-order chi connectivity index (χ0) is 22.1. The van der Waals surface area contributed by atoms with Crippen LogP contribution in [-0.4, -0.2) is 41.2 Å². The molecular formula is C25H27FN2O3. The van der Waals surface area contributed by atoms with Crippen molar-refractivity contribution in [2.75, 3.05) is 19.6 Å². The third-order valence-corrected chi connectivity index (χ3v) is 5.00. The lowest BCUT2D eigenvalue weighted by Crippen LogP contribution is -2.43. The van der Waals surface area contributed by atoms with Crippen LogP contribution in [0.2, 0.25) is 0 Å². The van der Waals surface area contributed by atoms with E-state index in [0.29, 0.717) is 38.2 Å². The van der Waals surface area contributed by atoms with Gasteiger partial charge in [-0.05, 0) is 42.7 Å². The fraction of sp³-hybridized carbons (Fsp3) is 0.280. The SMILES string of the molecule is CCCN(CC(=O)N(CCc1ccccc1)Cc1ccco1)C(=O)c1ccccc1F. The Labute approximate surface area is 182 Å². The van der Waals surface area contributed by atoms with E-state index in [1.807, 2.05) is 43.3 Å². The molecule has 1 aromatic heterocycles. The van der Waals surface area contributed by atoms with Crippen molar-refractivity contribution in [2.45, 2.75) is 26.3 Å². The zero-order valence-electron chi connectivity index (χ0n) is 17.7. The molecule has 3 aromatic rings. The predicted octanol–water partition coefficient (Wildman–Crippen LogP) is 4.54. The molecule has 6 heteroatoms. The van der Waals surface area contributed by atoms with Gasteiger partial charge in [0.25, 0.3) is 5.91 Å². The van der Waals surface area contributed by atoms with Crippen molar-refractivity contribution in [3.8, 4) is 0 Å². The van der Waals surface area contributed by atoms with E-state index in [9.17, 15) is 14.0 Å². The van der Waals surface area contributed by atoms with Gasteiger partial charge in [-0.2, -0.15) is 0 Å². The molecular weight excluding hydrogens is 395 g/mol. The second kappa shape index (κ2) is 11.1. The van der Waals surface area contributed by atoms with Crippen molar-refractivity contribution < 1.29 is 18.4 Å². The summed E-state index contributed by atoms with van der Waals surface area (Å²) < 4.78 is 19.6. The van der Waals surface area contributed by atoms with E-state index in [2.05, 4.69) is 0 Å². The van der Waals surface area contributed by atoms with Gasteiger partial charge in [-0.15, -0.1) is 0 Å². The fourth-order valence-electron chi connectivity index (χ4n) is 3.38. The summed E-state index contributed by atoms with van der Waals surface area (Å²) >= 11 is 0. The lowest BCUT2D eigenvalue weighted by Gasteiger charge is -2.27. The van der Waals surface area contributed by atoms with E-state index in [-0.39, 0.29) is 18.0 Å². The van der Waals surface area contributed by atoms with Gasteiger partial charge in [-0.1, -0.05) is 49.4 Å². The quantitative estimate of drug-likeness (QED) is 0.482. The van der Waals surface area contributed by atoms with Crippen molar-refractivity contribution in [2.24, 2.45) is 0 Å². The van der Waals surface area contributed by atoms with Gasteiger partial charge in [0.05, 0.1) is 18.4 Å². The van der Waals surface area contributed by atoms with Gasteiger partial charge in [0.2, 0.25) is 5.91 Å². The number of carbonyl (C=O) groups excluding carboxylic acids is 2. The van der Waals surface area contributed by atoms with E-state index in [1.165, 1.54) is 23.1 Å². The summed E-state index contributed by atoms with van der Waals surface area (Å²) in [6.07, 6.45) is 2.91. The van der Waals surface area contributed by atoms with Crippen molar-refractivity contribution >= 4 is 11.8 Å². The largest absolute Gasteiger partial charge is 0.467 e. The highest BCUT2D eigenvalue weighted by atomic mass is 19.1. The Morgan fingerprint density at radius 3 is 2.32 bits per heavy atom. The lowest BCUT2D eigenvalue weighted by atomic mass is 10.1. The lowest BCUT2D eigenvalue weighted by molar-refractivity contribution is -0.132. The van der Waals surface area contributed by atoms with Crippen LogP contribution in [0.25, 0.3) is 0 Å². The van der Waals surface area contributed by atoms with Crippen LogP contribution in [0, 0.1) is 5.82 Å². The summed E-state index contributed by atoms with van der Waals surface area (Å²) in [5, 5.41) is 0. The number of halogens is 1. The van der Waals surface area contributed by atoms with Crippen LogP contribution >= 0.6 is 0 Å². The third-order valence-electron chi connectivity index (χ3n) is 5.00. The molecule has 0 saturated heterocycles. The first-order chi connectivity index (χ1) is 15.1. The smallest absolute Gasteiger partial charge is 0.257 e. The second-order valence-corrected chi connectivity index (χ2v) is 7.34. The number of amides is 2. The molecule has 0 bridgehead atoms. The normalized spacial score (nSPS) is 10.6. The molecule has 2 amide bonds. The van der Waals surface area contributed by atoms with E-state index in [1.54, 1.807) is 23.3 Å². The first-order valence-electron chi connectivity index (χ1n) is 10.5. The number of rotatable bonds is 10. The first-order valence-corrected chi connectivity index (χ1v) is 10.5. The summed E-state index contributed by atoms with van der Waals surface area (Å²) in [5.41, 5.74) is 1.10. The van der Waals surface area contributed by atoms with Gasteiger partial charge < -0.3 is 14.2 Å². The number of nitrogens with zero attached hydrogens (tertiary/aromatic N) is 2. The standard InChI is InChI=1S/C25H27FN2O3/c1-2-15-28(25(30)22-12-6-7-13-23(22)26)19-24(29)27(18-21-11-8-17-31-21)16-14-20-9-4-3-5-10-20/h3-13,17H,2,14-16,18-19H2,1H3. The number of hydrogen-bond acceptors (Lipinski definition) is 3. The molecule has 0 fully saturated rings. The average molecular weight is 423 g/mol. The van der Waals surface area contributed by atoms with E-state index >= 15 is 0 Å². The summed E-state index contributed by atoms with van der Waals surface area (Å²) in [6, 6.07) is 19.4. The Kier molecular flexibility index (Phi) is 7.98. The molecule has 0 spiro atoms. The predicted molar refractivity (Wildman–Crippen MR) is 117 cm³/mol. The molecule has 0 aliphatic heterocycles. The molecule has 162 valence electrons. The van der Waals surface area contributed by atoms with Gasteiger partial charge in [0.15, 0.2) is 0 Å². The molecule has 0 saturated carbocycles. The first kappa shape index (κ1) is 22.3. The van der Waals surface area contributed by atoms with E-state index < -0.39 is 11.7 Å². The molecule has 31 heavy (non-hydrogen) atoms. The molecule has 0 N–H and O–H groups in total. The number of carbonyl (C=O) groups is 2. The molecule has 0 aliphatic rings. The Hall–Kier alpha value is -3.41. The van der Waals surface area contributed by atoms with Crippen LogP contribution in [0.5, 0.6) is 0 Å². The maximum atomic E-state index is 14.1. The minimum Gasteiger partial charge on any atom is -0.467 e. The maximum Gasteiger partial charge on any atom is 0.257 e. The Morgan fingerprint density at radius 2 is 1.65 bits per heavy atom.